The van der Waals surface area contributed by atoms with E-state index in [1.54, 1.807) is 0 Å². The number of ether oxygens (including phenoxy) is 1. The molecule has 1 aromatic rings. The molecule has 4 nitrogen and oxygen atoms in total. The molecule has 0 atom stereocenters. The van der Waals surface area contributed by atoms with Gasteiger partial charge in [-0.15, -0.1) is 0 Å². The first-order chi connectivity index (χ1) is 9.36. The second-order valence-electron chi connectivity index (χ2n) is 4.86. The second kappa shape index (κ2) is 6.45. The van der Waals surface area contributed by atoms with Crippen molar-refractivity contribution in [3.05, 3.63) is 28.2 Å². The van der Waals surface area contributed by atoms with E-state index in [1.165, 1.54) is 31.0 Å². The third-order valence-electron chi connectivity index (χ3n) is 3.31. The van der Waals surface area contributed by atoms with E-state index < -0.39 is 15.0 Å². The van der Waals surface area contributed by atoms with Crippen molar-refractivity contribution in [1.82, 2.24) is 0 Å². The topological polar surface area (TPSA) is 60.4 Å². The van der Waals surface area contributed by atoms with Gasteiger partial charge in [0.1, 0.15) is 0 Å². The zero-order valence-electron chi connectivity index (χ0n) is 10.6. The summed E-state index contributed by atoms with van der Waals surface area (Å²) in [7, 11) is 1.41. The average Bonchev–Trinajstić information content (AvgIpc) is 2.87. The van der Waals surface area contributed by atoms with Crippen LogP contribution in [-0.2, 0) is 13.8 Å². The van der Waals surface area contributed by atoms with E-state index in [-0.39, 0.29) is 10.5 Å². The van der Waals surface area contributed by atoms with Crippen LogP contribution in [0.1, 0.15) is 36.0 Å². The maximum absolute atomic E-state index is 12.0. The summed E-state index contributed by atoms with van der Waals surface area (Å²) in [5, 5.41) is 0. The number of hydrogen-bond donors (Lipinski definition) is 0. The maximum atomic E-state index is 12.0. The highest BCUT2D eigenvalue weighted by atomic mass is 79.9. The smallest absolute Gasteiger partial charge is 0.338 e. The van der Waals surface area contributed by atoms with E-state index in [0.29, 0.717) is 17.0 Å². The minimum Gasteiger partial charge on any atom is -0.462 e. The number of esters is 1. The van der Waals surface area contributed by atoms with E-state index in [4.69, 9.17) is 15.4 Å². The van der Waals surface area contributed by atoms with E-state index in [1.807, 2.05) is 0 Å². The average molecular weight is 382 g/mol. The van der Waals surface area contributed by atoms with Crippen LogP contribution in [0.15, 0.2) is 27.6 Å². The molecule has 0 bridgehead atoms. The van der Waals surface area contributed by atoms with Gasteiger partial charge in [-0.25, -0.2) is 13.2 Å². The van der Waals surface area contributed by atoms with E-state index in [2.05, 4.69) is 15.9 Å². The van der Waals surface area contributed by atoms with E-state index in [9.17, 15) is 13.2 Å². The quantitative estimate of drug-likeness (QED) is 0.589. The lowest BCUT2D eigenvalue weighted by atomic mass is 10.1. The van der Waals surface area contributed by atoms with Crippen LogP contribution in [0.3, 0.4) is 0 Å². The predicted molar refractivity (Wildman–Crippen MR) is 79.4 cm³/mol. The van der Waals surface area contributed by atoms with Gasteiger partial charge in [-0.3, -0.25) is 0 Å². The third-order valence-corrected chi connectivity index (χ3v) is 5.10. The normalized spacial score (nSPS) is 16.3. The second-order valence-corrected chi connectivity index (χ2v) is 8.34. The molecule has 0 amide bonds. The molecule has 0 unspecified atom stereocenters. The predicted octanol–water partition coefficient (Wildman–Crippen LogP) is 3.72. The first kappa shape index (κ1) is 15.8. The van der Waals surface area contributed by atoms with Gasteiger partial charge in [-0.2, -0.15) is 0 Å². The molecule has 0 aromatic heterocycles. The lowest BCUT2D eigenvalue weighted by molar-refractivity contribution is 0.0442. The molecule has 7 heteroatoms. The van der Waals surface area contributed by atoms with Gasteiger partial charge in [0.15, 0.2) is 0 Å². The largest absolute Gasteiger partial charge is 0.462 e. The monoisotopic (exact) mass is 380 g/mol. The Labute approximate surface area is 131 Å². The fraction of sp³-hybridized carbons (Fsp3) is 0.462. The number of carbonyl (C=O) groups is 1. The van der Waals surface area contributed by atoms with Crippen LogP contribution in [0.2, 0.25) is 0 Å². The van der Waals surface area contributed by atoms with Crippen LogP contribution in [0.5, 0.6) is 0 Å². The Morgan fingerprint density at radius 3 is 2.55 bits per heavy atom. The molecule has 1 saturated carbocycles. The van der Waals surface area contributed by atoms with Crippen LogP contribution in [0.25, 0.3) is 0 Å². The summed E-state index contributed by atoms with van der Waals surface area (Å²) < 4.78 is 28.3. The fourth-order valence-electron chi connectivity index (χ4n) is 2.28. The molecule has 0 spiro atoms. The summed E-state index contributed by atoms with van der Waals surface area (Å²) in [5.41, 5.74) is 0.177. The molecule has 110 valence electrons. The summed E-state index contributed by atoms with van der Waals surface area (Å²) in [5.74, 6) is -0.109. The van der Waals surface area contributed by atoms with Crippen molar-refractivity contribution in [2.75, 3.05) is 6.61 Å². The van der Waals surface area contributed by atoms with Crippen molar-refractivity contribution < 1.29 is 17.9 Å². The zero-order valence-corrected chi connectivity index (χ0v) is 13.8. The van der Waals surface area contributed by atoms with Gasteiger partial charge in [-0.1, -0.05) is 28.8 Å². The molecule has 1 aromatic carbocycles. The third kappa shape index (κ3) is 4.20. The molecule has 1 aliphatic rings. The van der Waals surface area contributed by atoms with Gasteiger partial charge < -0.3 is 4.74 Å². The van der Waals surface area contributed by atoms with Crippen molar-refractivity contribution in [2.24, 2.45) is 5.92 Å². The first-order valence-corrected chi connectivity index (χ1v) is 9.39. The Kier molecular flexibility index (Phi) is 5.09. The Bertz CT molecular complexity index is 609. The van der Waals surface area contributed by atoms with Gasteiger partial charge >= 0.3 is 5.97 Å². The van der Waals surface area contributed by atoms with Gasteiger partial charge in [0.05, 0.1) is 17.1 Å². The Hall–Kier alpha value is -0.590. The summed E-state index contributed by atoms with van der Waals surface area (Å²) in [6.45, 7) is 0.383. The van der Waals surface area contributed by atoms with Crippen molar-refractivity contribution in [3.8, 4) is 0 Å². The van der Waals surface area contributed by atoms with Crippen molar-refractivity contribution in [3.63, 3.8) is 0 Å². The summed E-state index contributed by atoms with van der Waals surface area (Å²) in [6.07, 6.45) is 4.50. The van der Waals surface area contributed by atoms with Crippen molar-refractivity contribution >= 4 is 41.6 Å². The Morgan fingerprint density at radius 2 is 1.95 bits per heavy atom. The number of rotatable bonds is 4. The van der Waals surface area contributed by atoms with Gasteiger partial charge in [0.2, 0.25) is 0 Å². The van der Waals surface area contributed by atoms with Crippen LogP contribution in [-0.4, -0.2) is 21.0 Å². The Morgan fingerprint density at radius 1 is 1.30 bits per heavy atom. The highest BCUT2D eigenvalue weighted by Gasteiger charge is 2.19. The van der Waals surface area contributed by atoms with E-state index >= 15 is 0 Å². The summed E-state index contributed by atoms with van der Waals surface area (Å²) >= 11 is 3.16. The van der Waals surface area contributed by atoms with E-state index in [0.717, 1.165) is 12.8 Å². The number of benzene rings is 1. The fourth-order valence-corrected chi connectivity index (χ4v) is 3.72. The van der Waals surface area contributed by atoms with Gasteiger partial charge in [0, 0.05) is 15.2 Å². The molecule has 0 heterocycles. The minimum absolute atomic E-state index is 0.124. The highest BCUT2D eigenvalue weighted by molar-refractivity contribution is 9.10. The van der Waals surface area contributed by atoms with Crippen LogP contribution in [0, 0.1) is 5.92 Å². The van der Waals surface area contributed by atoms with Crippen LogP contribution in [0.4, 0.5) is 0 Å². The standard InChI is InChI=1S/C13H14BrClO4S/c14-11-5-10(6-12(7-11)20(15,17)18)13(16)19-8-9-3-1-2-4-9/h5-7,9H,1-4,8H2. The lowest BCUT2D eigenvalue weighted by Crippen LogP contribution is -2.12. The molecule has 1 fully saturated rings. The maximum Gasteiger partial charge on any atom is 0.338 e. The molecular weight excluding hydrogens is 368 g/mol. The molecule has 0 N–H and O–H groups in total. The van der Waals surface area contributed by atoms with Gasteiger partial charge in [-0.05, 0) is 37.0 Å². The zero-order chi connectivity index (χ0) is 14.8. The number of carbonyl (C=O) groups excluding carboxylic acids is 1. The lowest BCUT2D eigenvalue weighted by Gasteiger charge is -2.10. The van der Waals surface area contributed by atoms with Crippen LogP contribution < -0.4 is 0 Å². The summed E-state index contributed by atoms with van der Waals surface area (Å²) in [6, 6.07) is 4.09. The number of halogens is 2. The molecule has 2 rings (SSSR count). The molecule has 1 aliphatic carbocycles. The van der Waals surface area contributed by atoms with Crippen molar-refractivity contribution in [1.29, 1.82) is 0 Å². The van der Waals surface area contributed by atoms with Crippen LogP contribution >= 0.6 is 26.6 Å². The number of hydrogen-bond acceptors (Lipinski definition) is 4. The Balaban J connectivity index is 2.11. The molecule has 0 radical (unpaired) electrons. The summed E-state index contributed by atoms with van der Waals surface area (Å²) in [4.78, 5) is 11.8. The first-order valence-electron chi connectivity index (χ1n) is 6.28. The molecular formula is C13H14BrClO4S. The van der Waals surface area contributed by atoms with Gasteiger partial charge in [0.25, 0.3) is 9.05 Å². The SMILES string of the molecule is O=C(OCC1CCCC1)c1cc(Br)cc(S(=O)(=O)Cl)c1. The molecule has 0 aliphatic heterocycles. The molecule has 20 heavy (non-hydrogen) atoms. The molecule has 0 saturated heterocycles. The highest BCUT2D eigenvalue weighted by Crippen LogP contribution is 2.26. The minimum atomic E-state index is -3.88. The van der Waals surface area contributed by atoms with Crippen molar-refractivity contribution in [2.45, 2.75) is 30.6 Å².